The zero-order valence-electron chi connectivity index (χ0n) is 10.1. The van der Waals surface area contributed by atoms with Crippen LogP contribution in [0.15, 0.2) is 11.1 Å². The summed E-state index contributed by atoms with van der Waals surface area (Å²) in [6.45, 7) is 1.97. The molecule has 0 N–H and O–H groups in total. The molecule has 0 fully saturated rings. The lowest BCUT2D eigenvalue weighted by Crippen LogP contribution is -2.02. The van der Waals surface area contributed by atoms with Gasteiger partial charge in [-0.2, -0.15) is 5.10 Å². The second kappa shape index (κ2) is 7.06. The molecule has 0 aliphatic heterocycles. The van der Waals surface area contributed by atoms with Crippen molar-refractivity contribution in [3.63, 3.8) is 0 Å². The maximum atomic E-state index is 12.2. The Morgan fingerprint density at radius 2 is 2.28 bits per heavy atom. The summed E-state index contributed by atoms with van der Waals surface area (Å²) in [7, 11) is 1.40. The fourth-order valence-corrected chi connectivity index (χ4v) is 2.38. The lowest BCUT2D eigenvalue weighted by atomic mass is 10.4. The Balaban J connectivity index is 2.80. The maximum absolute atomic E-state index is 12.2. The van der Waals surface area contributed by atoms with Gasteiger partial charge in [-0.15, -0.1) is 0 Å². The highest BCUT2D eigenvalue weighted by Gasteiger charge is 2.20. The van der Waals surface area contributed by atoms with E-state index in [-0.39, 0.29) is 23.7 Å². The van der Waals surface area contributed by atoms with E-state index in [1.54, 1.807) is 0 Å². The molecular formula is C10H16ClFN2O3S. The standard InChI is InChI=1S/C10H16ClFN2O3S/c1-2-3-6-17-8-9-10(18(11,15)16)7-14(13-9)5-4-12/h7H,2-6,8H2,1H3. The Morgan fingerprint density at radius 3 is 2.83 bits per heavy atom. The van der Waals surface area contributed by atoms with Crippen LogP contribution >= 0.6 is 10.7 Å². The zero-order chi connectivity index (χ0) is 13.6. The first-order valence-electron chi connectivity index (χ1n) is 5.63. The van der Waals surface area contributed by atoms with Crippen LogP contribution in [0.2, 0.25) is 0 Å². The van der Waals surface area contributed by atoms with Gasteiger partial charge in [-0.1, -0.05) is 13.3 Å². The van der Waals surface area contributed by atoms with Gasteiger partial charge in [0.15, 0.2) is 0 Å². The third kappa shape index (κ3) is 4.55. The molecule has 0 amide bonds. The highest BCUT2D eigenvalue weighted by molar-refractivity contribution is 8.13. The topological polar surface area (TPSA) is 61.2 Å². The van der Waals surface area contributed by atoms with E-state index in [1.807, 2.05) is 6.92 Å². The third-order valence-electron chi connectivity index (χ3n) is 2.26. The quantitative estimate of drug-likeness (QED) is 0.545. The molecule has 0 bridgehead atoms. The molecule has 1 heterocycles. The van der Waals surface area contributed by atoms with E-state index >= 15 is 0 Å². The first-order valence-corrected chi connectivity index (χ1v) is 7.94. The Hall–Kier alpha value is -0.660. The fourth-order valence-electron chi connectivity index (χ4n) is 1.36. The van der Waals surface area contributed by atoms with Crippen molar-refractivity contribution in [2.75, 3.05) is 13.3 Å². The molecule has 0 atom stereocenters. The van der Waals surface area contributed by atoms with E-state index in [0.717, 1.165) is 12.8 Å². The van der Waals surface area contributed by atoms with Gasteiger partial charge < -0.3 is 4.74 Å². The first kappa shape index (κ1) is 15.4. The summed E-state index contributed by atoms with van der Waals surface area (Å²) in [4.78, 5) is -0.117. The lowest BCUT2D eigenvalue weighted by molar-refractivity contribution is 0.113. The average Bonchev–Trinajstić information content (AvgIpc) is 2.68. The largest absolute Gasteiger partial charge is 0.375 e. The zero-order valence-corrected chi connectivity index (χ0v) is 11.7. The van der Waals surface area contributed by atoms with Gasteiger partial charge >= 0.3 is 0 Å². The molecule has 5 nitrogen and oxygen atoms in total. The summed E-state index contributed by atoms with van der Waals surface area (Å²) in [5, 5.41) is 3.95. The maximum Gasteiger partial charge on any atom is 0.264 e. The van der Waals surface area contributed by atoms with Crippen molar-refractivity contribution in [2.24, 2.45) is 0 Å². The van der Waals surface area contributed by atoms with Crippen LogP contribution in [-0.2, 0) is 26.9 Å². The minimum absolute atomic E-state index is 0.00559. The predicted molar refractivity (Wildman–Crippen MR) is 65.8 cm³/mol. The van der Waals surface area contributed by atoms with Crippen LogP contribution in [0.1, 0.15) is 25.5 Å². The SMILES string of the molecule is CCCCOCc1nn(CCF)cc1S(=O)(=O)Cl. The monoisotopic (exact) mass is 298 g/mol. The van der Waals surface area contributed by atoms with Gasteiger partial charge in [-0.25, -0.2) is 12.8 Å². The molecule has 0 radical (unpaired) electrons. The van der Waals surface area contributed by atoms with Gasteiger partial charge in [0.2, 0.25) is 0 Å². The summed E-state index contributed by atoms with van der Waals surface area (Å²) in [5.74, 6) is 0. The summed E-state index contributed by atoms with van der Waals surface area (Å²) in [5.41, 5.74) is 0.217. The number of unbranched alkanes of at least 4 members (excludes halogenated alkanes) is 1. The lowest BCUT2D eigenvalue weighted by Gasteiger charge is -2.01. The highest BCUT2D eigenvalue weighted by Crippen LogP contribution is 2.19. The molecule has 0 aliphatic carbocycles. The van der Waals surface area contributed by atoms with Crippen LogP contribution in [0.5, 0.6) is 0 Å². The molecule has 1 aromatic heterocycles. The van der Waals surface area contributed by atoms with Gasteiger partial charge in [-0.05, 0) is 6.42 Å². The number of aromatic nitrogens is 2. The molecule has 8 heteroatoms. The van der Waals surface area contributed by atoms with Gasteiger partial charge in [0, 0.05) is 23.5 Å². The van der Waals surface area contributed by atoms with Crippen molar-refractivity contribution in [1.29, 1.82) is 0 Å². The van der Waals surface area contributed by atoms with Crippen molar-refractivity contribution in [3.05, 3.63) is 11.9 Å². The van der Waals surface area contributed by atoms with E-state index in [0.29, 0.717) is 6.61 Å². The molecule has 0 unspecified atom stereocenters. The van der Waals surface area contributed by atoms with Crippen molar-refractivity contribution < 1.29 is 17.5 Å². The number of hydrogen-bond acceptors (Lipinski definition) is 4. The van der Waals surface area contributed by atoms with Crippen molar-refractivity contribution >= 4 is 19.7 Å². The van der Waals surface area contributed by atoms with Crippen LogP contribution in [0, 0.1) is 0 Å². The normalized spacial score (nSPS) is 11.9. The van der Waals surface area contributed by atoms with Gasteiger partial charge in [0.25, 0.3) is 9.05 Å². The number of nitrogens with zero attached hydrogens (tertiary/aromatic N) is 2. The molecule has 0 aromatic carbocycles. The third-order valence-corrected chi connectivity index (χ3v) is 3.62. The Morgan fingerprint density at radius 1 is 1.56 bits per heavy atom. The highest BCUT2D eigenvalue weighted by atomic mass is 35.7. The second-order valence-corrected chi connectivity index (χ2v) is 6.27. The average molecular weight is 299 g/mol. The van der Waals surface area contributed by atoms with Crippen molar-refractivity contribution in [3.8, 4) is 0 Å². The summed E-state index contributed by atoms with van der Waals surface area (Å²) in [6, 6.07) is 0. The smallest absolute Gasteiger partial charge is 0.264 e. The Kier molecular flexibility index (Phi) is 6.04. The van der Waals surface area contributed by atoms with Crippen LogP contribution in [0.4, 0.5) is 4.39 Å². The van der Waals surface area contributed by atoms with Gasteiger partial charge in [-0.3, -0.25) is 4.68 Å². The number of alkyl halides is 1. The summed E-state index contributed by atoms with van der Waals surface area (Å²) >= 11 is 0. The van der Waals surface area contributed by atoms with E-state index in [1.165, 1.54) is 10.9 Å². The fraction of sp³-hybridized carbons (Fsp3) is 0.700. The van der Waals surface area contributed by atoms with Crippen molar-refractivity contribution in [1.82, 2.24) is 9.78 Å². The van der Waals surface area contributed by atoms with Crippen LogP contribution in [0.25, 0.3) is 0 Å². The Bertz CT molecular complexity index is 475. The minimum atomic E-state index is -3.89. The molecular weight excluding hydrogens is 283 g/mol. The van der Waals surface area contributed by atoms with E-state index in [2.05, 4.69) is 5.10 Å². The molecule has 0 saturated heterocycles. The summed E-state index contributed by atoms with van der Waals surface area (Å²) < 4.78 is 41.4. The van der Waals surface area contributed by atoms with Crippen molar-refractivity contribution in [2.45, 2.75) is 37.8 Å². The molecule has 18 heavy (non-hydrogen) atoms. The minimum Gasteiger partial charge on any atom is -0.375 e. The predicted octanol–water partition coefficient (Wildman–Crippen LogP) is 2.10. The number of halogens is 2. The van der Waals surface area contributed by atoms with Crippen LogP contribution < -0.4 is 0 Å². The van der Waals surface area contributed by atoms with Crippen LogP contribution in [-0.4, -0.2) is 31.5 Å². The van der Waals surface area contributed by atoms with E-state index in [4.69, 9.17) is 15.4 Å². The summed E-state index contributed by atoms with van der Waals surface area (Å²) in [6.07, 6.45) is 3.09. The molecule has 1 aromatic rings. The molecule has 104 valence electrons. The number of aryl methyl sites for hydroxylation is 1. The molecule has 1 rings (SSSR count). The van der Waals surface area contributed by atoms with Gasteiger partial charge in [0.05, 0.1) is 13.2 Å². The van der Waals surface area contributed by atoms with Crippen LogP contribution in [0.3, 0.4) is 0 Å². The Labute approximate surface area is 110 Å². The van der Waals surface area contributed by atoms with E-state index < -0.39 is 15.7 Å². The first-order chi connectivity index (χ1) is 8.49. The van der Waals surface area contributed by atoms with E-state index in [9.17, 15) is 12.8 Å². The number of ether oxygens (including phenoxy) is 1. The second-order valence-electron chi connectivity index (χ2n) is 3.74. The van der Waals surface area contributed by atoms with Gasteiger partial charge in [0.1, 0.15) is 17.3 Å². The molecule has 0 aliphatic rings. The molecule has 0 saturated carbocycles. The number of hydrogen-bond donors (Lipinski definition) is 0. The molecule has 0 spiro atoms. The number of rotatable bonds is 8.